The van der Waals surface area contributed by atoms with E-state index >= 15 is 0 Å². The standard InChI is InChI=1S/C11H19N3O3/c1-7(2)4-9(6-15)5-12-11(16)10-8(3)13-17-14-10/h7,9,15H,4-6H2,1-3H3,(H,12,16)/t9-/m1/s1. The zero-order valence-corrected chi connectivity index (χ0v) is 10.4. The Labute approximate surface area is 100 Å². The normalized spacial score (nSPS) is 12.8. The van der Waals surface area contributed by atoms with E-state index in [0.717, 1.165) is 6.42 Å². The second kappa shape index (κ2) is 6.34. The molecule has 1 atom stereocenters. The molecule has 96 valence electrons. The van der Waals surface area contributed by atoms with Crippen LogP contribution in [0.25, 0.3) is 0 Å². The van der Waals surface area contributed by atoms with Crippen molar-refractivity contribution in [3.8, 4) is 0 Å². The Bertz CT molecular complexity index is 363. The van der Waals surface area contributed by atoms with Gasteiger partial charge in [-0.15, -0.1) is 0 Å². The van der Waals surface area contributed by atoms with Gasteiger partial charge in [-0.3, -0.25) is 4.79 Å². The van der Waals surface area contributed by atoms with E-state index in [1.807, 2.05) is 0 Å². The highest BCUT2D eigenvalue weighted by molar-refractivity contribution is 5.92. The molecule has 2 N–H and O–H groups in total. The fourth-order valence-corrected chi connectivity index (χ4v) is 1.65. The van der Waals surface area contributed by atoms with E-state index in [-0.39, 0.29) is 24.1 Å². The molecule has 1 aromatic rings. The number of aromatic nitrogens is 2. The number of nitrogens with zero attached hydrogens (tertiary/aromatic N) is 2. The summed E-state index contributed by atoms with van der Waals surface area (Å²) < 4.78 is 4.45. The van der Waals surface area contributed by atoms with Crippen LogP contribution in [0.1, 0.15) is 36.5 Å². The second-order valence-corrected chi connectivity index (χ2v) is 4.59. The maximum Gasteiger partial charge on any atom is 0.275 e. The maximum absolute atomic E-state index is 11.7. The Morgan fingerprint density at radius 2 is 2.18 bits per heavy atom. The van der Waals surface area contributed by atoms with Crippen molar-refractivity contribution >= 4 is 5.91 Å². The number of aliphatic hydroxyl groups excluding tert-OH is 1. The lowest BCUT2D eigenvalue weighted by Crippen LogP contribution is -2.32. The fourth-order valence-electron chi connectivity index (χ4n) is 1.65. The van der Waals surface area contributed by atoms with Gasteiger partial charge in [-0.25, -0.2) is 4.63 Å². The van der Waals surface area contributed by atoms with Crippen LogP contribution in [0.3, 0.4) is 0 Å². The molecule has 0 radical (unpaired) electrons. The van der Waals surface area contributed by atoms with Gasteiger partial charge in [-0.1, -0.05) is 19.0 Å². The quantitative estimate of drug-likeness (QED) is 0.767. The van der Waals surface area contributed by atoms with Gasteiger partial charge < -0.3 is 10.4 Å². The molecule has 1 aromatic heterocycles. The third kappa shape index (κ3) is 4.14. The van der Waals surface area contributed by atoms with Crippen LogP contribution in [0, 0.1) is 18.8 Å². The molecule has 0 fully saturated rings. The van der Waals surface area contributed by atoms with Crippen molar-refractivity contribution in [1.82, 2.24) is 15.6 Å². The van der Waals surface area contributed by atoms with Gasteiger partial charge in [-0.05, 0) is 30.3 Å². The van der Waals surface area contributed by atoms with Gasteiger partial charge in [0.05, 0.1) is 0 Å². The highest BCUT2D eigenvalue weighted by atomic mass is 16.6. The number of rotatable bonds is 6. The summed E-state index contributed by atoms with van der Waals surface area (Å²) >= 11 is 0. The minimum Gasteiger partial charge on any atom is -0.396 e. The van der Waals surface area contributed by atoms with Crippen LogP contribution < -0.4 is 5.32 Å². The summed E-state index contributed by atoms with van der Waals surface area (Å²) in [7, 11) is 0. The van der Waals surface area contributed by atoms with E-state index in [0.29, 0.717) is 18.2 Å². The number of amides is 1. The Balaban J connectivity index is 2.44. The van der Waals surface area contributed by atoms with Gasteiger partial charge >= 0.3 is 0 Å². The van der Waals surface area contributed by atoms with Crippen LogP contribution in [0.2, 0.25) is 0 Å². The Hall–Kier alpha value is -1.43. The van der Waals surface area contributed by atoms with Crippen LogP contribution in [0.5, 0.6) is 0 Å². The van der Waals surface area contributed by atoms with Crippen LogP contribution in [-0.2, 0) is 0 Å². The van der Waals surface area contributed by atoms with E-state index in [9.17, 15) is 9.90 Å². The van der Waals surface area contributed by atoms with Crippen molar-refractivity contribution in [3.05, 3.63) is 11.4 Å². The average molecular weight is 241 g/mol. The lowest BCUT2D eigenvalue weighted by Gasteiger charge is -2.16. The van der Waals surface area contributed by atoms with Crippen molar-refractivity contribution in [1.29, 1.82) is 0 Å². The molecule has 1 heterocycles. The maximum atomic E-state index is 11.7. The van der Waals surface area contributed by atoms with Crippen molar-refractivity contribution in [2.75, 3.05) is 13.2 Å². The van der Waals surface area contributed by atoms with E-state index in [1.54, 1.807) is 6.92 Å². The number of hydrogen-bond donors (Lipinski definition) is 2. The smallest absolute Gasteiger partial charge is 0.275 e. The zero-order chi connectivity index (χ0) is 12.8. The first-order valence-electron chi connectivity index (χ1n) is 5.72. The summed E-state index contributed by atoms with van der Waals surface area (Å²) in [6.45, 7) is 6.31. The predicted molar refractivity (Wildman–Crippen MR) is 61.4 cm³/mol. The molecule has 0 bridgehead atoms. The molecular formula is C11H19N3O3. The predicted octanol–water partition coefficient (Wildman–Crippen LogP) is 0.762. The first-order valence-corrected chi connectivity index (χ1v) is 5.72. The average Bonchev–Trinajstić information content (AvgIpc) is 2.69. The van der Waals surface area contributed by atoms with E-state index < -0.39 is 0 Å². The minimum atomic E-state index is -0.314. The zero-order valence-electron chi connectivity index (χ0n) is 10.4. The number of nitrogens with one attached hydrogen (secondary N) is 1. The monoisotopic (exact) mass is 241 g/mol. The third-order valence-electron chi connectivity index (χ3n) is 2.48. The summed E-state index contributed by atoms with van der Waals surface area (Å²) in [5.74, 6) is 0.240. The van der Waals surface area contributed by atoms with Gasteiger partial charge in [-0.2, -0.15) is 0 Å². The number of hydrogen-bond acceptors (Lipinski definition) is 5. The Morgan fingerprint density at radius 3 is 2.65 bits per heavy atom. The summed E-state index contributed by atoms with van der Waals surface area (Å²) in [6.07, 6.45) is 0.868. The Morgan fingerprint density at radius 1 is 1.47 bits per heavy atom. The first-order chi connectivity index (χ1) is 8.04. The van der Waals surface area contributed by atoms with Crippen LogP contribution in [0.4, 0.5) is 0 Å². The second-order valence-electron chi connectivity index (χ2n) is 4.59. The summed E-state index contributed by atoms with van der Waals surface area (Å²) in [5, 5.41) is 19.0. The van der Waals surface area contributed by atoms with Crippen LogP contribution in [-0.4, -0.2) is 34.5 Å². The van der Waals surface area contributed by atoms with Crippen molar-refractivity contribution < 1.29 is 14.5 Å². The lowest BCUT2D eigenvalue weighted by atomic mass is 9.98. The third-order valence-corrected chi connectivity index (χ3v) is 2.48. The van der Waals surface area contributed by atoms with E-state index in [2.05, 4.69) is 34.1 Å². The van der Waals surface area contributed by atoms with E-state index in [1.165, 1.54) is 0 Å². The topological polar surface area (TPSA) is 88.2 Å². The van der Waals surface area contributed by atoms with Gasteiger partial charge in [0.25, 0.3) is 5.91 Å². The largest absolute Gasteiger partial charge is 0.396 e. The molecular weight excluding hydrogens is 222 g/mol. The summed E-state index contributed by atoms with van der Waals surface area (Å²) in [6, 6.07) is 0. The van der Waals surface area contributed by atoms with Crippen molar-refractivity contribution in [3.63, 3.8) is 0 Å². The molecule has 0 saturated carbocycles. The lowest BCUT2D eigenvalue weighted by molar-refractivity contribution is 0.0926. The van der Waals surface area contributed by atoms with Gasteiger partial charge in [0.15, 0.2) is 5.69 Å². The number of carbonyl (C=O) groups excluding carboxylic acids is 1. The SMILES string of the molecule is Cc1nonc1C(=O)NC[C@H](CO)CC(C)C. The van der Waals surface area contributed by atoms with Gasteiger partial charge in [0.2, 0.25) is 0 Å². The molecule has 1 amide bonds. The molecule has 0 saturated heterocycles. The highest BCUT2D eigenvalue weighted by Crippen LogP contribution is 2.10. The molecule has 6 nitrogen and oxygen atoms in total. The molecule has 6 heteroatoms. The van der Waals surface area contributed by atoms with Crippen LogP contribution >= 0.6 is 0 Å². The van der Waals surface area contributed by atoms with Gasteiger partial charge in [0.1, 0.15) is 5.69 Å². The molecule has 0 unspecified atom stereocenters. The molecule has 0 aliphatic carbocycles. The van der Waals surface area contributed by atoms with Crippen molar-refractivity contribution in [2.45, 2.75) is 27.2 Å². The molecule has 1 rings (SSSR count). The first kappa shape index (κ1) is 13.6. The highest BCUT2D eigenvalue weighted by Gasteiger charge is 2.17. The molecule has 0 aliphatic heterocycles. The molecule has 0 aromatic carbocycles. The summed E-state index contributed by atoms with van der Waals surface area (Å²) in [4.78, 5) is 11.7. The number of aliphatic hydroxyl groups is 1. The molecule has 0 spiro atoms. The minimum absolute atomic E-state index is 0.0640. The van der Waals surface area contributed by atoms with Gasteiger partial charge in [0, 0.05) is 13.2 Å². The molecule has 17 heavy (non-hydrogen) atoms. The Kier molecular flexibility index (Phi) is 5.09. The van der Waals surface area contributed by atoms with Crippen molar-refractivity contribution in [2.24, 2.45) is 11.8 Å². The van der Waals surface area contributed by atoms with Crippen LogP contribution in [0.15, 0.2) is 4.63 Å². The summed E-state index contributed by atoms with van der Waals surface area (Å²) in [5.41, 5.74) is 0.665. The fraction of sp³-hybridized carbons (Fsp3) is 0.727. The molecule has 0 aliphatic rings. The number of aryl methyl sites for hydroxylation is 1. The van der Waals surface area contributed by atoms with E-state index in [4.69, 9.17) is 0 Å². The number of carbonyl (C=O) groups is 1.